The summed E-state index contributed by atoms with van der Waals surface area (Å²) in [6.07, 6.45) is 4.31. The van der Waals surface area contributed by atoms with Crippen molar-refractivity contribution in [2.24, 2.45) is 5.92 Å². The van der Waals surface area contributed by atoms with Crippen molar-refractivity contribution < 1.29 is 4.74 Å². The summed E-state index contributed by atoms with van der Waals surface area (Å²) in [7, 11) is 0. The first-order chi connectivity index (χ1) is 10.2. The van der Waals surface area contributed by atoms with Crippen LogP contribution in [0.3, 0.4) is 0 Å². The van der Waals surface area contributed by atoms with Crippen molar-refractivity contribution in [2.75, 3.05) is 6.61 Å². The van der Waals surface area contributed by atoms with Crippen molar-refractivity contribution in [3.8, 4) is 17.0 Å². The number of ether oxygens (including phenoxy) is 1. The lowest BCUT2D eigenvalue weighted by Crippen LogP contribution is -2.01. The average molecular weight is 282 g/mol. The molecule has 0 radical (unpaired) electrons. The maximum Gasteiger partial charge on any atom is 0.252 e. The Hall–Kier alpha value is -2.43. The first kappa shape index (κ1) is 13.5. The number of hydrogen-bond donors (Lipinski definition) is 0. The highest BCUT2D eigenvalue weighted by atomic mass is 16.5. The minimum Gasteiger partial charge on any atom is -0.494 e. The summed E-state index contributed by atoms with van der Waals surface area (Å²) in [5, 5.41) is 4.20. The molecule has 2 aromatic heterocycles. The lowest BCUT2D eigenvalue weighted by atomic mass is 10.1. The lowest BCUT2D eigenvalue weighted by molar-refractivity contribution is 0.289. The van der Waals surface area contributed by atoms with Crippen LogP contribution < -0.4 is 4.74 Å². The van der Waals surface area contributed by atoms with Crippen LogP contribution in [0.15, 0.2) is 42.9 Å². The molecule has 1 aromatic carbocycles. The Kier molecular flexibility index (Phi) is 3.81. The van der Waals surface area contributed by atoms with Gasteiger partial charge in [-0.2, -0.15) is 14.6 Å². The third-order valence-electron chi connectivity index (χ3n) is 3.29. The van der Waals surface area contributed by atoms with E-state index in [4.69, 9.17) is 4.74 Å². The highest BCUT2D eigenvalue weighted by molar-refractivity contribution is 5.62. The lowest BCUT2D eigenvalue weighted by Gasteiger charge is -2.09. The number of rotatable bonds is 5. The van der Waals surface area contributed by atoms with E-state index < -0.39 is 0 Å². The second-order valence-electron chi connectivity index (χ2n) is 5.36. The first-order valence-electron chi connectivity index (χ1n) is 7.12. The van der Waals surface area contributed by atoms with Crippen LogP contribution in [0.5, 0.6) is 5.75 Å². The minimum atomic E-state index is 0.602. The quantitative estimate of drug-likeness (QED) is 0.721. The van der Waals surface area contributed by atoms with Crippen LogP contribution in [0, 0.1) is 5.92 Å². The largest absolute Gasteiger partial charge is 0.494 e. The van der Waals surface area contributed by atoms with E-state index in [0.29, 0.717) is 11.7 Å². The zero-order valence-electron chi connectivity index (χ0n) is 12.2. The fraction of sp³-hybridized carbons (Fsp3) is 0.312. The molecule has 108 valence electrons. The highest BCUT2D eigenvalue weighted by Crippen LogP contribution is 2.22. The second kappa shape index (κ2) is 5.91. The van der Waals surface area contributed by atoms with Gasteiger partial charge in [0.2, 0.25) is 0 Å². The third kappa shape index (κ3) is 3.02. The Labute approximate surface area is 123 Å². The zero-order valence-corrected chi connectivity index (χ0v) is 12.2. The molecule has 3 rings (SSSR count). The Morgan fingerprint density at radius 3 is 2.67 bits per heavy atom. The summed E-state index contributed by atoms with van der Waals surface area (Å²) >= 11 is 0. The average Bonchev–Trinajstić information content (AvgIpc) is 2.96. The van der Waals surface area contributed by atoms with E-state index in [1.165, 1.54) is 6.33 Å². The van der Waals surface area contributed by atoms with Gasteiger partial charge in [-0.05, 0) is 42.7 Å². The first-order valence-corrected chi connectivity index (χ1v) is 7.12. The molecule has 0 amide bonds. The van der Waals surface area contributed by atoms with Gasteiger partial charge in [0.25, 0.3) is 5.78 Å². The summed E-state index contributed by atoms with van der Waals surface area (Å²) in [5.41, 5.74) is 2.02. The second-order valence-corrected chi connectivity index (χ2v) is 5.36. The molecule has 0 aliphatic rings. The van der Waals surface area contributed by atoms with Crippen LogP contribution >= 0.6 is 0 Å². The van der Waals surface area contributed by atoms with Crippen molar-refractivity contribution in [1.82, 2.24) is 19.6 Å². The molecule has 0 spiro atoms. The predicted octanol–water partition coefficient (Wildman–Crippen LogP) is 3.22. The van der Waals surface area contributed by atoms with Crippen LogP contribution in [-0.2, 0) is 0 Å². The molecule has 5 heteroatoms. The molecule has 0 unspecified atom stereocenters. The molecule has 0 fully saturated rings. The molecular formula is C16H18N4O. The highest BCUT2D eigenvalue weighted by Gasteiger charge is 2.06. The van der Waals surface area contributed by atoms with Crippen molar-refractivity contribution >= 4 is 5.78 Å². The Bertz CT molecular complexity index is 718. The summed E-state index contributed by atoms with van der Waals surface area (Å²) in [6.45, 7) is 5.14. The van der Waals surface area contributed by atoms with Crippen molar-refractivity contribution in [1.29, 1.82) is 0 Å². The van der Waals surface area contributed by atoms with Gasteiger partial charge < -0.3 is 4.74 Å². The molecule has 0 bridgehead atoms. The summed E-state index contributed by atoms with van der Waals surface area (Å²) in [5.74, 6) is 2.15. The minimum absolute atomic E-state index is 0.602. The van der Waals surface area contributed by atoms with Crippen LogP contribution in [0.25, 0.3) is 17.0 Å². The Balaban J connectivity index is 1.79. The van der Waals surface area contributed by atoms with Crippen LogP contribution in [-0.4, -0.2) is 26.2 Å². The summed E-state index contributed by atoms with van der Waals surface area (Å²) < 4.78 is 7.46. The van der Waals surface area contributed by atoms with Crippen molar-refractivity contribution in [2.45, 2.75) is 20.3 Å². The maximum absolute atomic E-state index is 5.73. The molecule has 0 saturated carbocycles. The number of fused-ring (bicyclic) bond motifs is 1. The summed E-state index contributed by atoms with van der Waals surface area (Å²) in [4.78, 5) is 8.26. The molecule has 5 nitrogen and oxygen atoms in total. The van der Waals surface area contributed by atoms with E-state index in [-0.39, 0.29) is 0 Å². The zero-order chi connectivity index (χ0) is 14.7. The molecule has 21 heavy (non-hydrogen) atoms. The van der Waals surface area contributed by atoms with Gasteiger partial charge in [-0.1, -0.05) is 13.8 Å². The standard InChI is InChI=1S/C16H18N4O/c1-12(2)8-10-21-14-5-3-13(4-6-14)15-7-9-17-16-18-11-19-20(15)16/h3-7,9,11-12H,8,10H2,1-2H3. The monoisotopic (exact) mass is 282 g/mol. The van der Waals surface area contributed by atoms with E-state index in [0.717, 1.165) is 30.0 Å². The number of aromatic nitrogens is 4. The van der Waals surface area contributed by atoms with Gasteiger partial charge in [-0.3, -0.25) is 0 Å². The fourth-order valence-electron chi connectivity index (χ4n) is 2.09. The Morgan fingerprint density at radius 2 is 1.90 bits per heavy atom. The molecule has 0 saturated heterocycles. The molecule has 0 N–H and O–H groups in total. The molecule has 0 aliphatic carbocycles. The van der Waals surface area contributed by atoms with E-state index in [1.54, 1.807) is 10.7 Å². The van der Waals surface area contributed by atoms with Crippen LogP contribution in [0.4, 0.5) is 0 Å². The van der Waals surface area contributed by atoms with Gasteiger partial charge in [-0.25, -0.2) is 4.98 Å². The molecule has 0 aliphatic heterocycles. The van der Waals surface area contributed by atoms with Gasteiger partial charge in [0.15, 0.2) is 0 Å². The normalized spacial score (nSPS) is 11.2. The van der Waals surface area contributed by atoms with Gasteiger partial charge in [-0.15, -0.1) is 0 Å². The smallest absolute Gasteiger partial charge is 0.252 e. The van der Waals surface area contributed by atoms with Gasteiger partial charge in [0.05, 0.1) is 12.3 Å². The van der Waals surface area contributed by atoms with Crippen LogP contribution in [0.1, 0.15) is 20.3 Å². The summed E-state index contributed by atoms with van der Waals surface area (Å²) in [6, 6.07) is 9.95. The van der Waals surface area contributed by atoms with Gasteiger partial charge in [0.1, 0.15) is 12.1 Å². The molecule has 2 heterocycles. The fourth-order valence-corrected chi connectivity index (χ4v) is 2.09. The molecule has 3 aromatic rings. The van der Waals surface area contributed by atoms with E-state index in [9.17, 15) is 0 Å². The van der Waals surface area contributed by atoms with Gasteiger partial charge >= 0.3 is 0 Å². The number of benzene rings is 1. The van der Waals surface area contributed by atoms with E-state index >= 15 is 0 Å². The van der Waals surface area contributed by atoms with Crippen LogP contribution in [0.2, 0.25) is 0 Å². The predicted molar refractivity (Wildman–Crippen MR) is 81.2 cm³/mol. The molecule has 0 atom stereocenters. The van der Waals surface area contributed by atoms with E-state index in [1.807, 2.05) is 30.3 Å². The van der Waals surface area contributed by atoms with Crippen molar-refractivity contribution in [3.63, 3.8) is 0 Å². The van der Waals surface area contributed by atoms with E-state index in [2.05, 4.69) is 28.9 Å². The Morgan fingerprint density at radius 1 is 1.10 bits per heavy atom. The maximum atomic E-state index is 5.73. The van der Waals surface area contributed by atoms with Crippen molar-refractivity contribution in [3.05, 3.63) is 42.9 Å². The number of nitrogens with zero attached hydrogens (tertiary/aromatic N) is 4. The van der Waals surface area contributed by atoms with Gasteiger partial charge in [0, 0.05) is 11.8 Å². The number of hydrogen-bond acceptors (Lipinski definition) is 4. The topological polar surface area (TPSA) is 52.3 Å². The third-order valence-corrected chi connectivity index (χ3v) is 3.29. The molecular weight excluding hydrogens is 264 g/mol. The SMILES string of the molecule is CC(C)CCOc1ccc(-c2ccnc3ncnn23)cc1.